The first kappa shape index (κ1) is 16.5. The molecule has 1 nitrogen and oxygen atoms in total. The zero-order valence-corrected chi connectivity index (χ0v) is 8.31. The molecule has 0 saturated heterocycles. The highest BCUT2D eigenvalue weighted by Crippen LogP contribution is 1.55. The Morgan fingerprint density at radius 3 is 1.91 bits per heavy atom. The van der Waals surface area contributed by atoms with Gasteiger partial charge in [-0.25, -0.2) is 0 Å². The molecule has 0 heterocycles. The number of aliphatic imine (C=N–C) groups is 1. The van der Waals surface area contributed by atoms with Gasteiger partial charge in [0.1, 0.15) is 0 Å². The molecule has 0 saturated carbocycles. The summed E-state index contributed by atoms with van der Waals surface area (Å²) >= 11 is 0. The van der Waals surface area contributed by atoms with E-state index in [4.69, 9.17) is 0 Å². The monoisotopic (exact) mass is 153 g/mol. The lowest BCUT2D eigenvalue weighted by Crippen LogP contribution is -1.54. The van der Waals surface area contributed by atoms with Gasteiger partial charge < -0.3 is 0 Å². The normalized spacial score (nSPS) is 5.91. The molecular formula is C10H19N. The molecule has 0 unspecified atom stereocenters. The molecule has 0 rings (SSSR count). The minimum absolute atomic E-state index is 1.62. The van der Waals surface area contributed by atoms with Gasteiger partial charge in [0.05, 0.1) is 0 Å². The Morgan fingerprint density at radius 1 is 1.18 bits per heavy atom. The van der Waals surface area contributed by atoms with Crippen molar-refractivity contribution in [3.63, 3.8) is 0 Å². The van der Waals surface area contributed by atoms with Crippen molar-refractivity contribution in [3.8, 4) is 0 Å². The van der Waals surface area contributed by atoms with Crippen molar-refractivity contribution in [1.29, 1.82) is 0 Å². The van der Waals surface area contributed by atoms with Crippen LogP contribution in [-0.2, 0) is 0 Å². The van der Waals surface area contributed by atoms with Gasteiger partial charge in [-0.3, -0.25) is 4.99 Å². The molecule has 0 bridgehead atoms. The van der Waals surface area contributed by atoms with Gasteiger partial charge in [0, 0.05) is 19.3 Å². The zero-order valence-electron chi connectivity index (χ0n) is 8.31. The maximum atomic E-state index is 3.66. The lowest BCUT2D eigenvalue weighted by Gasteiger charge is -1.59. The average Bonchev–Trinajstić information content (AvgIpc) is 2.13. The van der Waals surface area contributed by atoms with E-state index in [0.29, 0.717) is 0 Å². The first-order valence-electron chi connectivity index (χ1n) is 3.93. The Morgan fingerprint density at radius 2 is 1.64 bits per heavy atom. The molecule has 0 atom stereocenters. The number of hydrogen-bond donors (Lipinski definition) is 0. The van der Waals surface area contributed by atoms with Gasteiger partial charge in [-0.1, -0.05) is 39.2 Å². The van der Waals surface area contributed by atoms with Crippen LogP contribution in [-0.4, -0.2) is 13.3 Å². The standard InChI is InChI=1S/C6H7N.2C2H6/c1-3-4-5-6-7-2;2*1-2/h5-6H,1H2,2H3;2*1-2H3. The molecule has 0 aromatic carbocycles. The molecule has 1 heteroatoms. The Labute approximate surface area is 70.9 Å². The van der Waals surface area contributed by atoms with Gasteiger partial charge in [0.25, 0.3) is 0 Å². The fourth-order valence-electron chi connectivity index (χ4n) is 0.171. The van der Waals surface area contributed by atoms with Gasteiger partial charge in [0.2, 0.25) is 0 Å². The van der Waals surface area contributed by atoms with Gasteiger partial charge in [-0.2, -0.15) is 0 Å². The van der Waals surface area contributed by atoms with Crippen molar-refractivity contribution < 1.29 is 0 Å². The van der Waals surface area contributed by atoms with Crippen molar-refractivity contribution in [2.75, 3.05) is 7.05 Å². The lowest BCUT2D eigenvalue weighted by molar-refractivity contribution is 1.48. The van der Waals surface area contributed by atoms with Crippen molar-refractivity contribution in [2.24, 2.45) is 4.99 Å². The van der Waals surface area contributed by atoms with Crippen LogP contribution in [0.25, 0.3) is 0 Å². The van der Waals surface area contributed by atoms with Crippen LogP contribution in [0.1, 0.15) is 27.7 Å². The van der Waals surface area contributed by atoms with E-state index in [1.807, 2.05) is 27.7 Å². The molecule has 0 aliphatic carbocycles. The number of allylic oxidation sites excluding steroid dienone is 1. The molecule has 0 fully saturated rings. The lowest BCUT2D eigenvalue weighted by atomic mass is 10.6. The van der Waals surface area contributed by atoms with Crippen molar-refractivity contribution in [2.45, 2.75) is 27.7 Å². The minimum atomic E-state index is 1.62. The van der Waals surface area contributed by atoms with E-state index in [1.54, 1.807) is 19.3 Å². The van der Waals surface area contributed by atoms with Gasteiger partial charge >= 0.3 is 0 Å². The third-order valence-corrected chi connectivity index (χ3v) is 0.409. The molecular weight excluding hydrogens is 134 g/mol. The van der Waals surface area contributed by atoms with E-state index in [0.717, 1.165) is 0 Å². The van der Waals surface area contributed by atoms with Crippen molar-refractivity contribution >= 4 is 6.21 Å². The second-order valence-corrected chi connectivity index (χ2v) is 0.895. The minimum Gasteiger partial charge on any atom is -0.296 e. The first-order chi connectivity index (χ1) is 5.41. The molecule has 11 heavy (non-hydrogen) atoms. The highest BCUT2D eigenvalue weighted by atomic mass is 14.6. The predicted molar refractivity (Wildman–Crippen MR) is 54.3 cm³/mol. The Balaban J connectivity index is -0.000000138. The fraction of sp³-hybridized carbons (Fsp3) is 0.500. The summed E-state index contributed by atoms with van der Waals surface area (Å²) in [4.78, 5) is 3.66. The van der Waals surface area contributed by atoms with Crippen molar-refractivity contribution in [3.05, 3.63) is 24.1 Å². The molecule has 64 valence electrons. The summed E-state index contributed by atoms with van der Waals surface area (Å²) in [5.74, 6) is 0. The van der Waals surface area contributed by atoms with Crippen LogP contribution in [0.4, 0.5) is 0 Å². The summed E-state index contributed by atoms with van der Waals surface area (Å²) in [6, 6.07) is 0. The quantitative estimate of drug-likeness (QED) is 0.405. The maximum absolute atomic E-state index is 3.66. The van der Waals surface area contributed by atoms with Crippen LogP contribution in [0.3, 0.4) is 0 Å². The van der Waals surface area contributed by atoms with Crippen LogP contribution in [0.5, 0.6) is 0 Å². The fourth-order valence-corrected chi connectivity index (χ4v) is 0.171. The third-order valence-electron chi connectivity index (χ3n) is 0.409. The number of nitrogens with zero attached hydrogens (tertiary/aromatic N) is 1. The summed E-state index contributed by atoms with van der Waals surface area (Å²) < 4.78 is 0. The van der Waals surface area contributed by atoms with Crippen LogP contribution < -0.4 is 0 Å². The second kappa shape index (κ2) is 36.2. The van der Waals surface area contributed by atoms with E-state index < -0.39 is 0 Å². The maximum Gasteiger partial charge on any atom is 0.0292 e. The summed E-state index contributed by atoms with van der Waals surface area (Å²) in [5.41, 5.74) is 5.07. The van der Waals surface area contributed by atoms with E-state index in [9.17, 15) is 0 Å². The number of hydrogen-bond acceptors (Lipinski definition) is 1. The molecule has 0 aliphatic rings. The third kappa shape index (κ3) is 49.4. The van der Waals surface area contributed by atoms with Gasteiger partial charge in [-0.15, -0.1) is 0 Å². The summed E-state index contributed by atoms with van der Waals surface area (Å²) in [6.45, 7) is 11.3. The Bertz CT molecular complexity index is 133. The van der Waals surface area contributed by atoms with Gasteiger partial charge in [0.15, 0.2) is 0 Å². The molecule has 0 aromatic heterocycles. The van der Waals surface area contributed by atoms with Crippen LogP contribution >= 0.6 is 0 Å². The van der Waals surface area contributed by atoms with Crippen molar-refractivity contribution in [1.82, 2.24) is 0 Å². The summed E-state index contributed by atoms with van der Waals surface area (Å²) in [7, 11) is 1.70. The SMILES string of the molecule is C=C=C=CC=NC.CC.CC. The highest BCUT2D eigenvalue weighted by Gasteiger charge is 1.47. The Hall–Kier alpha value is -1.03. The van der Waals surface area contributed by atoms with Crippen LogP contribution in [0, 0.1) is 0 Å². The topological polar surface area (TPSA) is 12.4 Å². The highest BCUT2D eigenvalue weighted by molar-refractivity contribution is 5.70. The largest absolute Gasteiger partial charge is 0.296 e. The molecule has 0 aliphatic heterocycles. The first-order valence-corrected chi connectivity index (χ1v) is 3.93. The molecule has 0 N–H and O–H groups in total. The number of rotatable bonds is 1. The van der Waals surface area contributed by atoms with Crippen LogP contribution in [0.15, 0.2) is 29.1 Å². The molecule has 0 spiro atoms. The summed E-state index contributed by atoms with van der Waals surface area (Å²) in [6.07, 6.45) is 3.27. The smallest absolute Gasteiger partial charge is 0.0292 e. The van der Waals surface area contributed by atoms with E-state index in [2.05, 4.69) is 23.0 Å². The van der Waals surface area contributed by atoms with Gasteiger partial charge in [-0.05, 0) is 6.58 Å². The molecule has 0 radical (unpaired) electrons. The Kier molecular flexibility index (Phi) is 54.3. The molecule has 0 amide bonds. The zero-order chi connectivity index (χ0) is 9.54. The summed E-state index contributed by atoms with van der Waals surface area (Å²) in [5, 5.41) is 0. The van der Waals surface area contributed by atoms with E-state index in [-0.39, 0.29) is 0 Å². The van der Waals surface area contributed by atoms with Crippen LogP contribution in [0.2, 0.25) is 0 Å². The average molecular weight is 153 g/mol. The van der Waals surface area contributed by atoms with E-state index >= 15 is 0 Å². The predicted octanol–water partition coefficient (Wildman–Crippen LogP) is 3.24. The second-order valence-electron chi connectivity index (χ2n) is 0.895. The van der Waals surface area contributed by atoms with E-state index in [1.165, 1.54) is 0 Å². The molecule has 0 aromatic rings.